The lowest BCUT2D eigenvalue weighted by Gasteiger charge is -2.18. The zero-order chi connectivity index (χ0) is 12.3. The molecule has 1 aliphatic rings. The highest BCUT2D eigenvalue weighted by Gasteiger charge is 2.18. The first-order valence-electron chi connectivity index (χ1n) is 5.83. The molecule has 0 unspecified atom stereocenters. The maximum absolute atomic E-state index is 12.1. The molecule has 0 spiro atoms. The topological polar surface area (TPSA) is 46.2 Å². The first kappa shape index (κ1) is 12.3. The van der Waals surface area contributed by atoms with Gasteiger partial charge in [-0.1, -0.05) is 29.8 Å². The van der Waals surface area contributed by atoms with Gasteiger partial charge in [0.15, 0.2) is 0 Å². The van der Waals surface area contributed by atoms with E-state index in [1.807, 2.05) is 31.2 Å². The summed E-state index contributed by atoms with van der Waals surface area (Å²) in [5.74, 6) is 0. The number of benzene rings is 1. The molecule has 1 atom stereocenters. The molecule has 0 amide bonds. The van der Waals surface area contributed by atoms with Crippen LogP contribution in [0.3, 0.4) is 0 Å². The van der Waals surface area contributed by atoms with Crippen molar-refractivity contribution in [3.63, 3.8) is 0 Å². The van der Waals surface area contributed by atoms with E-state index in [0.717, 1.165) is 24.8 Å². The molecule has 0 radical (unpaired) electrons. The van der Waals surface area contributed by atoms with Gasteiger partial charge >= 0.3 is 0 Å². The highest BCUT2D eigenvalue weighted by molar-refractivity contribution is 7.89. The maximum Gasteiger partial charge on any atom is 0.241 e. The Bertz CT molecular complexity index is 503. The van der Waals surface area contributed by atoms with Crippen molar-refractivity contribution in [3.8, 4) is 0 Å². The zero-order valence-electron chi connectivity index (χ0n) is 9.89. The Morgan fingerprint density at radius 1 is 1.24 bits per heavy atom. The third-order valence-corrected chi connectivity index (χ3v) is 4.40. The molecule has 1 aromatic rings. The zero-order valence-corrected chi connectivity index (χ0v) is 10.7. The smallest absolute Gasteiger partial charge is 0.207 e. The van der Waals surface area contributed by atoms with Gasteiger partial charge in [0.1, 0.15) is 0 Å². The molecule has 0 aliphatic heterocycles. The normalized spacial score (nSPS) is 20.4. The van der Waals surface area contributed by atoms with Crippen LogP contribution in [0, 0.1) is 6.92 Å². The SMILES string of the molecule is Cc1ccc(S(=O)(=O)N[C@H]2C=CCCC2)cc1. The van der Waals surface area contributed by atoms with Crippen LogP contribution in [-0.2, 0) is 10.0 Å². The lowest BCUT2D eigenvalue weighted by atomic mass is 10.0. The Labute approximate surface area is 103 Å². The van der Waals surface area contributed by atoms with Crippen LogP contribution in [0.4, 0.5) is 0 Å². The average molecular weight is 251 g/mol. The molecule has 1 aromatic carbocycles. The number of nitrogens with one attached hydrogen (secondary N) is 1. The Morgan fingerprint density at radius 2 is 1.94 bits per heavy atom. The Kier molecular flexibility index (Phi) is 3.64. The van der Waals surface area contributed by atoms with Gasteiger partial charge in [-0.2, -0.15) is 0 Å². The second kappa shape index (κ2) is 5.02. The molecule has 0 aromatic heterocycles. The van der Waals surface area contributed by atoms with Crippen molar-refractivity contribution in [1.82, 2.24) is 4.72 Å². The van der Waals surface area contributed by atoms with Crippen molar-refractivity contribution in [2.75, 3.05) is 0 Å². The molecule has 2 rings (SSSR count). The molecule has 1 aliphatic carbocycles. The fraction of sp³-hybridized carbons (Fsp3) is 0.385. The standard InChI is InChI=1S/C13H17NO2S/c1-11-7-9-13(10-8-11)17(15,16)14-12-5-3-2-4-6-12/h3,5,7-10,12,14H,2,4,6H2,1H3/t12-/m0/s1. The summed E-state index contributed by atoms with van der Waals surface area (Å²) in [6.07, 6.45) is 6.93. The van der Waals surface area contributed by atoms with Crippen LogP contribution in [-0.4, -0.2) is 14.5 Å². The number of hydrogen-bond donors (Lipinski definition) is 1. The number of hydrogen-bond acceptors (Lipinski definition) is 2. The lowest BCUT2D eigenvalue weighted by Crippen LogP contribution is -2.34. The fourth-order valence-electron chi connectivity index (χ4n) is 1.90. The van der Waals surface area contributed by atoms with Crippen molar-refractivity contribution in [2.24, 2.45) is 0 Å². The Balaban J connectivity index is 2.15. The van der Waals surface area contributed by atoms with E-state index in [2.05, 4.69) is 4.72 Å². The summed E-state index contributed by atoms with van der Waals surface area (Å²) in [6, 6.07) is 6.85. The first-order valence-corrected chi connectivity index (χ1v) is 7.32. The van der Waals surface area contributed by atoms with Crippen molar-refractivity contribution < 1.29 is 8.42 Å². The van der Waals surface area contributed by atoms with E-state index in [0.29, 0.717) is 4.90 Å². The van der Waals surface area contributed by atoms with E-state index in [4.69, 9.17) is 0 Å². The van der Waals surface area contributed by atoms with Gasteiger partial charge < -0.3 is 0 Å². The van der Waals surface area contributed by atoms with E-state index in [9.17, 15) is 8.42 Å². The number of rotatable bonds is 3. The van der Waals surface area contributed by atoms with E-state index < -0.39 is 10.0 Å². The predicted molar refractivity (Wildman–Crippen MR) is 68.3 cm³/mol. The minimum atomic E-state index is -3.38. The number of allylic oxidation sites excluding steroid dienone is 1. The highest BCUT2D eigenvalue weighted by Crippen LogP contribution is 2.15. The molecule has 0 fully saturated rings. The monoisotopic (exact) mass is 251 g/mol. The summed E-state index contributed by atoms with van der Waals surface area (Å²) < 4.78 is 26.8. The van der Waals surface area contributed by atoms with Gasteiger partial charge in [0.2, 0.25) is 10.0 Å². The van der Waals surface area contributed by atoms with Crippen LogP contribution in [0.1, 0.15) is 24.8 Å². The van der Waals surface area contributed by atoms with Crippen LogP contribution in [0.15, 0.2) is 41.3 Å². The molecule has 0 heterocycles. The maximum atomic E-state index is 12.1. The molecule has 92 valence electrons. The van der Waals surface area contributed by atoms with Gasteiger partial charge in [-0.3, -0.25) is 0 Å². The lowest BCUT2D eigenvalue weighted by molar-refractivity contribution is 0.549. The third kappa shape index (κ3) is 3.17. The molecule has 0 bridgehead atoms. The van der Waals surface area contributed by atoms with Crippen LogP contribution < -0.4 is 4.72 Å². The van der Waals surface area contributed by atoms with Crippen LogP contribution in [0.25, 0.3) is 0 Å². The van der Waals surface area contributed by atoms with Crippen LogP contribution in [0.2, 0.25) is 0 Å². The average Bonchev–Trinajstić information content (AvgIpc) is 2.30. The molecular formula is C13H17NO2S. The van der Waals surface area contributed by atoms with Gasteiger partial charge in [0.05, 0.1) is 4.90 Å². The Morgan fingerprint density at radius 3 is 2.53 bits per heavy atom. The third-order valence-electron chi connectivity index (χ3n) is 2.89. The predicted octanol–water partition coefficient (Wildman–Crippen LogP) is 2.38. The number of aryl methyl sites for hydroxylation is 1. The summed E-state index contributed by atoms with van der Waals surface area (Å²) in [6.45, 7) is 1.94. The van der Waals surface area contributed by atoms with Crippen LogP contribution >= 0.6 is 0 Å². The van der Waals surface area contributed by atoms with Gasteiger partial charge in [-0.05, 0) is 38.3 Å². The highest BCUT2D eigenvalue weighted by atomic mass is 32.2. The minimum Gasteiger partial charge on any atom is -0.207 e. The summed E-state index contributed by atoms with van der Waals surface area (Å²) in [5.41, 5.74) is 1.06. The summed E-state index contributed by atoms with van der Waals surface area (Å²) in [7, 11) is -3.38. The summed E-state index contributed by atoms with van der Waals surface area (Å²) in [4.78, 5) is 0.335. The summed E-state index contributed by atoms with van der Waals surface area (Å²) in [5, 5.41) is 0. The molecule has 1 N–H and O–H groups in total. The van der Waals surface area contributed by atoms with E-state index in [-0.39, 0.29) is 6.04 Å². The molecule has 4 heteroatoms. The minimum absolute atomic E-state index is 0.0601. The van der Waals surface area contributed by atoms with Crippen molar-refractivity contribution >= 4 is 10.0 Å². The second-order valence-corrected chi connectivity index (χ2v) is 6.11. The molecule has 3 nitrogen and oxygen atoms in total. The van der Waals surface area contributed by atoms with Gasteiger partial charge in [-0.25, -0.2) is 13.1 Å². The first-order chi connectivity index (χ1) is 8.08. The van der Waals surface area contributed by atoms with E-state index in [1.165, 1.54) is 0 Å². The van der Waals surface area contributed by atoms with E-state index in [1.54, 1.807) is 12.1 Å². The van der Waals surface area contributed by atoms with Crippen molar-refractivity contribution in [3.05, 3.63) is 42.0 Å². The molecular weight excluding hydrogens is 234 g/mol. The van der Waals surface area contributed by atoms with Crippen LogP contribution in [0.5, 0.6) is 0 Å². The quantitative estimate of drug-likeness (QED) is 0.838. The fourth-order valence-corrected chi connectivity index (χ4v) is 3.12. The number of sulfonamides is 1. The van der Waals surface area contributed by atoms with E-state index >= 15 is 0 Å². The van der Waals surface area contributed by atoms with Crippen molar-refractivity contribution in [1.29, 1.82) is 0 Å². The van der Waals surface area contributed by atoms with Gasteiger partial charge in [0, 0.05) is 6.04 Å². The van der Waals surface area contributed by atoms with Gasteiger partial charge in [-0.15, -0.1) is 0 Å². The molecule has 0 saturated heterocycles. The summed E-state index contributed by atoms with van der Waals surface area (Å²) >= 11 is 0. The largest absolute Gasteiger partial charge is 0.241 e. The molecule has 0 saturated carbocycles. The Hall–Kier alpha value is -1.13. The second-order valence-electron chi connectivity index (χ2n) is 4.40. The van der Waals surface area contributed by atoms with Crippen molar-refractivity contribution in [2.45, 2.75) is 37.1 Å². The van der Waals surface area contributed by atoms with Gasteiger partial charge in [0.25, 0.3) is 0 Å². The molecule has 17 heavy (non-hydrogen) atoms.